The van der Waals surface area contributed by atoms with Crippen LogP contribution in [-0.4, -0.2) is 5.91 Å². The average molecular weight is 244 g/mol. The van der Waals surface area contributed by atoms with Gasteiger partial charge >= 0.3 is 0 Å². The SMILES string of the molecule is Cc1ccc(C(=O)Nc2cccc(F)c2)c(N)c1. The average Bonchev–Trinajstić information content (AvgIpc) is 2.28. The van der Waals surface area contributed by atoms with Gasteiger partial charge in [0.05, 0.1) is 5.56 Å². The number of amides is 1. The second-order valence-electron chi connectivity index (χ2n) is 4.06. The molecule has 2 rings (SSSR count). The van der Waals surface area contributed by atoms with Crippen LogP contribution in [0.5, 0.6) is 0 Å². The normalized spacial score (nSPS) is 10.1. The Balaban J connectivity index is 2.22. The van der Waals surface area contributed by atoms with Crippen molar-refractivity contribution < 1.29 is 9.18 Å². The highest BCUT2D eigenvalue weighted by Gasteiger charge is 2.10. The van der Waals surface area contributed by atoms with E-state index in [9.17, 15) is 9.18 Å². The van der Waals surface area contributed by atoms with Crippen LogP contribution in [0.4, 0.5) is 15.8 Å². The first-order chi connectivity index (χ1) is 8.56. The topological polar surface area (TPSA) is 55.1 Å². The second-order valence-corrected chi connectivity index (χ2v) is 4.06. The number of carbonyl (C=O) groups is 1. The third-order valence-corrected chi connectivity index (χ3v) is 2.53. The third kappa shape index (κ3) is 2.66. The Morgan fingerprint density at radius 3 is 2.67 bits per heavy atom. The number of nitrogens with two attached hydrogens (primary N) is 1. The van der Waals surface area contributed by atoms with Crippen LogP contribution in [0.1, 0.15) is 15.9 Å². The van der Waals surface area contributed by atoms with Gasteiger partial charge in [-0.2, -0.15) is 0 Å². The van der Waals surface area contributed by atoms with Gasteiger partial charge in [-0.05, 0) is 42.8 Å². The van der Waals surface area contributed by atoms with Crippen LogP contribution in [0.2, 0.25) is 0 Å². The minimum absolute atomic E-state index is 0.349. The summed E-state index contributed by atoms with van der Waals surface area (Å²) < 4.78 is 13.0. The number of benzene rings is 2. The molecule has 0 heterocycles. The van der Waals surface area contributed by atoms with Crippen LogP contribution in [0.3, 0.4) is 0 Å². The van der Waals surface area contributed by atoms with Crippen molar-refractivity contribution in [2.45, 2.75) is 6.92 Å². The predicted octanol–water partition coefficient (Wildman–Crippen LogP) is 2.97. The number of nitrogens with one attached hydrogen (secondary N) is 1. The van der Waals surface area contributed by atoms with E-state index in [1.807, 2.05) is 6.92 Å². The molecule has 0 radical (unpaired) electrons. The van der Waals surface area contributed by atoms with Gasteiger partial charge in [0.15, 0.2) is 0 Å². The number of hydrogen-bond acceptors (Lipinski definition) is 2. The summed E-state index contributed by atoms with van der Waals surface area (Å²) in [7, 11) is 0. The first-order valence-corrected chi connectivity index (χ1v) is 5.49. The Labute approximate surface area is 104 Å². The highest BCUT2D eigenvalue weighted by Crippen LogP contribution is 2.16. The van der Waals surface area contributed by atoms with Crippen molar-refractivity contribution >= 4 is 17.3 Å². The van der Waals surface area contributed by atoms with Crippen molar-refractivity contribution in [3.05, 3.63) is 59.4 Å². The molecule has 92 valence electrons. The summed E-state index contributed by atoms with van der Waals surface area (Å²) in [5, 5.41) is 2.60. The lowest BCUT2D eigenvalue weighted by Crippen LogP contribution is -2.14. The van der Waals surface area contributed by atoms with Gasteiger partial charge < -0.3 is 11.1 Å². The van der Waals surface area contributed by atoms with Gasteiger partial charge in [-0.15, -0.1) is 0 Å². The van der Waals surface area contributed by atoms with Gasteiger partial charge in [0.2, 0.25) is 0 Å². The van der Waals surface area contributed by atoms with Gasteiger partial charge in [0.25, 0.3) is 5.91 Å². The summed E-state index contributed by atoms with van der Waals surface area (Å²) >= 11 is 0. The first kappa shape index (κ1) is 12.1. The van der Waals surface area contributed by atoms with Gasteiger partial charge in [-0.25, -0.2) is 4.39 Å². The van der Waals surface area contributed by atoms with E-state index in [1.54, 1.807) is 24.3 Å². The Morgan fingerprint density at radius 2 is 2.00 bits per heavy atom. The van der Waals surface area contributed by atoms with Gasteiger partial charge in [0.1, 0.15) is 5.82 Å². The lowest BCUT2D eigenvalue weighted by molar-refractivity contribution is 0.102. The zero-order chi connectivity index (χ0) is 13.1. The lowest BCUT2D eigenvalue weighted by Gasteiger charge is -2.08. The van der Waals surface area contributed by atoms with E-state index in [-0.39, 0.29) is 5.91 Å². The number of anilines is 2. The molecule has 2 aromatic rings. The van der Waals surface area contributed by atoms with E-state index < -0.39 is 5.82 Å². The first-order valence-electron chi connectivity index (χ1n) is 5.49. The van der Waals surface area contributed by atoms with E-state index in [1.165, 1.54) is 18.2 Å². The highest BCUT2D eigenvalue weighted by molar-refractivity contribution is 6.07. The molecule has 0 aliphatic heterocycles. The maximum atomic E-state index is 13.0. The summed E-state index contributed by atoms with van der Waals surface area (Å²) in [6, 6.07) is 10.9. The number of rotatable bonds is 2. The molecule has 0 aliphatic rings. The Bertz CT molecular complexity index is 596. The Morgan fingerprint density at radius 1 is 1.22 bits per heavy atom. The Hall–Kier alpha value is -2.36. The van der Waals surface area contributed by atoms with Crippen LogP contribution in [-0.2, 0) is 0 Å². The van der Waals surface area contributed by atoms with Crippen molar-refractivity contribution in [1.82, 2.24) is 0 Å². The number of carbonyl (C=O) groups excluding carboxylic acids is 1. The van der Waals surface area contributed by atoms with E-state index in [4.69, 9.17) is 5.73 Å². The third-order valence-electron chi connectivity index (χ3n) is 2.53. The second kappa shape index (κ2) is 4.87. The molecular formula is C14H13FN2O. The van der Waals surface area contributed by atoms with Crippen LogP contribution < -0.4 is 11.1 Å². The Kier molecular flexibility index (Phi) is 3.28. The number of aryl methyl sites for hydroxylation is 1. The zero-order valence-electron chi connectivity index (χ0n) is 9.91. The molecule has 0 unspecified atom stereocenters. The maximum Gasteiger partial charge on any atom is 0.257 e. The van der Waals surface area contributed by atoms with Crippen molar-refractivity contribution in [3.8, 4) is 0 Å². The fraction of sp³-hybridized carbons (Fsp3) is 0.0714. The minimum atomic E-state index is -0.398. The van der Waals surface area contributed by atoms with Crippen LogP contribution in [0, 0.1) is 12.7 Å². The summed E-state index contributed by atoms with van der Waals surface area (Å²) in [6.45, 7) is 1.89. The number of nitrogen functional groups attached to an aromatic ring is 1. The fourth-order valence-corrected chi connectivity index (χ4v) is 1.65. The zero-order valence-corrected chi connectivity index (χ0v) is 9.91. The van der Waals surface area contributed by atoms with E-state index in [0.717, 1.165) is 5.56 Å². The molecule has 0 bridgehead atoms. The van der Waals surface area contributed by atoms with Gasteiger partial charge in [0, 0.05) is 11.4 Å². The quantitative estimate of drug-likeness (QED) is 0.798. The van der Waals surface area contributed by atoms with Crippen molar-refractivity contribution in [2.24, 2.45) is 0 Å². The molecule has 0 saturated heterocycles. The molecule has 1 amide bonds. The molecule has 0 aromatic heterocycles. The molecule has 0 aliphatic carbocycles. The van der Waals surface area contributed by atoms with E-state index >= 15 is 0 Å². The fourth-order valence-electron chi connectivity index (χ4n) is 1.65. The molecular weight excluding hydrogens is 231 g/mol. The summed E-state index contributed by atoms with van der Waals surface area (Å²) in [4.78, 5) is 11.9. The van der Waals surface area contributed by atoms with Crippen LogP contribution in [0.15, 0.2) is 42.5 Å². The number of halogens is 1. The molecule has 4 heteroatoms. The minimum Gasteiger partial charge on any atom is -0.398 e. The standard InChI is InChI=1S/C14H13FN2O/c1-9-5-6-12(13(16)7-9)14(18)17-11-4-2-3-10(15)8-11/h2-8H,16H2,1H3,(H,17,18). The van der Waals surface area contributed by atoms with Crippen molar-refractivity contribution in [1.29, 1.82) is 0 Å². The van der Waals surface area contributed by atoms with Crippen molar-refractivity contribution in [2.75, 3.05) is 11.1 Å². The van der Waals surface area contributed by atoms with Gasteiger partial charge in [-0.3, -0.25) is 4.79 Å². The smallest absolute Gasteiger partial charge is 0.257 e. The molecule has 0 atom stereocenters. The molecule has 2 aromatic carbocycles. The molecule has 18 heavy (non-hydrogen) atoms. The molecule has 3 nitrogen and oxygen atoms in total. The maximum absolute atomic E-state index is 13.0. The highest BCUT2D eigenvalue weighted by atomic mass is 19.1. The molecule has 0 saturated carbocycles. The molecule has 3 N–H and O–H groups in total. The molecule has 0 fully saturated rings. The summed E-state index contributed by atoms with van der Waals surface area (Å²) in [5.74, 6) is -0.747. The van der Waals surface area contributed by atoms with E-state index in [2.05, 4.69) is 5.32 Å². The monoisotopic (exact) mass is 244 g/mol. The predicted molar refractivity (Wildman–Crippen MR) is 69.9 cm³/mol. The van der Waals surface area contributed by atoms with E-state index in [0.29, 0.717) is 16.9 Å². The molecule has 0 spiro atoms. The lowest BCUT2D eigenvalue weighted by atomic mass is 10.1. The van der Waals surface area contributed by atoms with Crippen LogP contribution >= 0.6 is 0 Å². The summed E-state index contributed by atoms with van der Waals surface area (Å²) in [5.41, 5.74) is 7.94. The van der Waals surface area contributed by atoms with Crippen molar-refractivity contribution in [3.63, 3.8) is 0 Å². The number of hydrogen-bond donors (Lipinski definition) is 2. The van der Waals surface area contributed by atoms with Crippen LogP contribution in [0.25, 0.3) is 0 Å². The summed E-state index contributed by atoms with van der Waals surface area (Å²) in [6.07, 6.45) is 0. The largest absolute Gasteiger partial charge is 0.398 e. The van der Waals surface area contributed by atoms with Gasteiger partial charge in [-0.1, -0.05) is 12.1 Å².